The number of esters is 1. The lowest BCUT2D eigenvalue weighted by Gasteiger charge is -2.44. The predicted molar refractivity (Wildman–Crippen MR) is 173 cm³/mol. The molecule has 0 unspecified atom stereocenters. The van der Waals surface area contributed by atoms with E-state index >= 15 is 4.39 Å². The SMILES string of the molecule is C[C@H]1CN([C@@H](Cc2ccc3c(c2)CCC3)C(=O)OC(C)(C)C)CCN1C(=O)[C@@H]1CN(C2CCOCC2)C[C@H]1c1ccc(F)cc1F. The van der Waals surface area contributed by atoms with Crippen LogP contribution in [0.4, 0.5) is 8.78 Å². The number of nitrogens with zero attached hydrogens (tertiary/aromatic N) is 3. The molecule has 4 aliphatic rings. The minimum absolute atomic E-state index is 0.00266. The lowest BCUT2D eigenvalue weighted by atomic mass is 9.87. The highest BCUT2D eigenvalue weighted by Crippen LogP contribution is 2.38. The number of aryl methyl sites for hydroxylation is 2. The van der Waals surface area contributed by atoms with Gasteiger partial charge in [0.25, 0.3) is 0 Å². The largest absolute Gasteiger partial charge is 0.459 e. The van der Waals surface area contributed by atoms with Gasteiger partial charge in [0.2, 0.25) is 5.91 Å². The molecule has 7 nitrogen and oxygen atoms in total. The van der Waals surface area contributed by atoms with E-state index in [1.165, 1.54) is 29.7 Å². The highest BCUT2D eigenvalue weighted by molar-refractivity contribution is 5.81. The molecular weight excluding hydrogens is 588 g/mol. The number of amides is 1. The molecule has 1 aliphatic carbocycles. The summed E-state index contributed by atoms with van der Waals surface area (Å²) in [5.74, 6) is -2.26. The first-order chi connectivity index (χ1) is 22.0. The third kappa shape index (κ3) is 7.32. The van der Waals surface area contributed by atoms with E-state index in [4.69, 9.17) is 9.47 Å². The number of carbonyl (C=O) groups excluding carboxylic acids is 2. The lowest BCUT2D eigenvalue weighted by Crippen LogP contribution is -2.60. The van der Waals surface area contributed by atoms with E-state index in [1.54, 1.807) is 0 Å². The summed E-state index contributed by atoms with van der Waals surface area (Å²) in [7, 11) is 0. The van der Waals surface area contributed by atoms with Gasteiger partial charge in [-0.3, -0.25) is 19.4 Å². The second-order valence-corrected chi connectivity index (χ2v) is 14.8. The lowest BCUT2D eigenvalue weighted by molar-refractivity contribution is -0.163. The molecule has 0 bridgehead atoms. The molecule has 3 saturated heterocycles. The molecule has 3 fully saturated rings. The Hall–Kier alpha value is -2.88. The first kappa shape index (κ1) is 33.0. The van der Waals surface area contributed by atoms with E-state index in [9.17, 15) is 14.0 Å². The van der Waals surface area contributed by atoms with Gasteiger partial charge in [-0.2, -0.15) is 0 Å². The summed E-state index contributed by atoms with van der Waals surface area (Å²) in [6.45, 7) is 11.7. The van der Waals surface area contributed by atoms with Crippen molar-refractivity contribution in [2.24, 2.45) is 5.92 Å². The number of hydrogen-bond acceptors (Lipinski definition) is 6. The van der Waals surface area contributed by atoms with Gasteiger partial charge in [-0.1, -0.05) is 24.3 Å². The molecule has 3 heterocycles. The van der Waals surface area contributed by atoms with E-state index in [0.29, 0.717) is 57.9 Å². The van der Waals surface area contributed by atoms with Gasteiger partial charge in [-0.15, -0.1) is 0 Å². The maximum atomic E-state index is 15.2. The highest BCUT2D eigenvalue weighted by Gasteiger charge is 2.46. The molecule has 2 aromatic carbocycles. The number of benzene rings is 2. The quantitative estimate of drug-likeness (QED) is 0.393. The van der Waals surface area contributed by atoms with E-state index in [2.05, 4.69) is 28.0 Å². The van der Waals surface area contributed by atoms with Crippen LogP contribution in [0.25, 0.3) is 0 Å². The van der Waals surface area contributed by atoms with E-state index in [1.807, 2.05) is 32.6 Å². The van der Waals surface area contributed by atoms with Crippen molar-refractivity contribution in [2.75, 3.05) is 45.9 Å². The Morgan fingerprint density at radius 1 is 0.978 bits per heavy atom. The van der Waals surface area contributed by atoms with Gasteiger partial charge in [0, 0.05) is 70.0 Å². The Kier molecular flexibility index (Phi) is 9.83. The smallest absolute Gasteiger partial charge is 0.324 e. The number of piperazine rings is 1. The van der Waals surface area contributed by atoms with Crippen molar-refractivity contribution < 1.29 is 27.8 Å². The number of likely N-dealkylation sites (tertiary alicyclic amines) is 1. The van der Waals surface area contributed by atoms with Crippen LogP contribution >= 0.6 is 0 Å². The van der Waals surface area contributed by atoms with Crippen LogP contribution in [-0.2, 0) is 38.3 Å². The topological polar surface area (TPSA) is 62.3 Å². The number of carbonyl (C=O) groups is 2. The van der Waals surface area contributed by atoms with E-state index < -0.39 is 29.2 Å². The summed E-state index contributed by atoms with van der Waals surface area (Å²) in [5, 5.41) is 0. The summed E-state index contributed by atoms with van der Waals surface area (Å²) < 4.78 is 40.5. The first-order valence-corrected chi connectivity index (χ1v) is 17.1. The number of hydrogen-bond donors (Lipinski definition) is 0. The van der Waals surface area contributed by atoms with Crippen LogP contribution in [0, 0.1) is 17.6 Å². The number of rotatable bonds is 7. The standard InChI is InChI=1S/C37H49F2N3O4/c1-24-21-40(34(36(44)46-37(2,3)4)19-25-8-9-26-6-5-7-27(26)18-25)14-15-42(24)35(43)32-23-41(29-12-16-45-17-13-29)22-31(32)30-11-10-28(38)20-33(30)39/h8-11,18,20,24,29,31-32,34H,5-7,12-17,19,21-23H2,1-4H3/t24-,31-,32+,34-/m0/s1. The zero-order valence-corrected chi connectivity index (χ0v) is 27.8. The van der Waals surface area contributed by atoms with Gasteiger partial charge < -0.3 is 14.4 Å². The molecule has 3 aliphatic heterocycles. The molecule has 250 valence electrons. The van der Waals surface area contributed by atoms with Gasteiger partial charge in [0.05, 0.1) is 5.92 Å². The van der Waals surface area contributed by atoms with Gasteiger partial charge in [0.15, 0.2) is 0 Å². The van der Waals surface area contributed by atoms with Crippen molar-refractivity contribution in [3.05, 3.63) is 70.3 Å². The van der Waals surface area contributed by atoms with Gasteiger partial charge in [-0.05, 0) is 94.5 Å². The Bertz CT molecular complexity index is 1420. The van der Waals surface area contributed by atoms with Crippen LogP contribution in [0.2, 0.25) is 0 Å². The zero-order valence-electron chi connectivity index (χ0n) is 27.8. The molecule has 0 N–H and O–H groups in total. The van der Waals surface area contributed by atoms with Crippen molar-refractivity contribution >= 4 is 11.9 Å². The van der Waals surface area contributed by atoms with Crippen LogP contribution < -0.4 is 0 Å². The Labute approximate surface area is 272 Å². The minimum Gasteiger partial charge on any atom is -0.459 e. The molecule has 0 radical (unpaired) electrons. The van der Waals surface area contributed by atoms with Crippen LogP contribution in [0.3, 0.4) is 0 Å². The number of fused-ring (bicyclic) bond motifs is 1. The van der Waals surface area contributed by atoms with Crippen LogP contribution in [0.5, 0.6) is 0 Å². The van der Waals surface area contributed by atoms with Crippen molar-refractivity contribution in [1.82, 2.24) is 14.7 Å². The summed E-state index contributed by atoms with van der Waals surface area (Å²) >= 11 is 0. The summed E-state index contributed by atoms with van der Waals surface area (Å²) in [6, 6.07) is 9.98. The van der Waals surface area contributed by atoms with Gasteiger partial charge >= 0.3 is 5.97 Å². The Morgan fingerprint density at radius 2 is 1.74 bits per heavy atom. The third-order valence-electron chi connectivity index (χ3n) is 10.4. The highest BCUT2D eigenvalue weighted by atomic mass is 19.1. The molecular formula is C37H49F2N3O4. The third-order valence-corrected chi connectivity index (χ3v) is 10.4. The van der Waals surface area contributed by atoms with Crippen molar-refractivity contribution in [3.8, 4) is 0 Å². The number of halogens is 2. The van der Waals surface area contributed by atoms with E-state index in [-0.39, 0.29) is 29.9 Å². The van der Waals surface area contributed by atoms with Crippen LogP contribution in [0.1, 0.15) is 75.1 Å². The second-order valence-electron chi connectivity index (χ2n) is 14.8. The zero-order chi connectivity index (χ0) is 32.6. The molecule has 1 amide bonds. The fraction of sp³-hybridized carbons (Fsp3) is 0.622. The van der Waals surface area contributed by atoms with Crippen molar-refractivity contribution in [1.29, 1.82) is 0 Å². The molecule has 46 heavy (non-hydrogen) atoms. The average Bonchev–Trinajstić information content (AvgIpc) is 3.66. The number of ether oxygens (including phenoxy) is 2. The Balaban J connectivity index is 1.20. The predicted octanol–water partition coefficient (Wildman–Crippen LogP) is 5.13. The van der Waals surface area contributed by atoms with Crippen molar-refractivity contribution in [3.63, 3.8) is 0 Å². The molecule has 0 spiro atoms. The molecule has 6 rings (SSSR count). The monoisotopic (exact) mass is 637 g/mol. The molecule has 0 aromatic heterocycles. The average molecular weight is 638 g/mol. The fourth-order valence-corrected chi connectivity index (χ4v) is 8.07. The summed E-state index contributed by atoms with van der Waals surface area (Å²) in [5.41, 5.74) is 3.70. The van der Waals surface area contributed by atoms with E-state index in [0.717, 1.165) is 37.3 Å². The maximum absolute atomic E-state index is 15.2. The molecule has 4 atom stereocenters. The van der Waals surface area contributed by atoms with Crippen LogP contribution in [-0.4, -0.2) is 96.2 Å². The fourth-order valence-electron chi connectivity index (χ4n) is 8.07. The minimum atomic E-state index is -0.618. The molecule has 2 aromatic rings. The molecule has 9 heteroatoms. The van der Waals surface area contributed by atoms with Gasteiger partial charge in [0.1, 0.15) is 23.3 Å². The second kappa shape index (κ2) is 13.7. The maximum Gasteiger partial charge on any atom is 0.324 e. The molecule has 0 saturated carbocycles. The van der Waals surface area contributed by atoms with Crippen LogP contribution in [0.15, 0.2) is 36.4 Å². The van der Waals surface area contributed by atoms with Gasteiger partial charge in [-0.25, -0.2) is 8.78 Å². The normalized spacial score (nSPS) is 25.4. The summed E-state index contributed by atoms with van der Waals surface area (Å²) in [6.07, 6.45) is 5.67. The van der Waals surface area contributed by atoms with Crippen molar-refractivity contribution in [2.45, 2.75) is 95.9 Å². The first-order valence-electron chi connectivity index (χ1n) is 17.1. The Morgan fingerprint density at radius 3 is 2.46 bits per heavy atom. The summed E-state index contributed by atoms with van der Waals surface area (Å²) in [4.78, 5) is 34.4.